The summed E-state index contributed by atoms with van der Waals surface area (Å²) in [4.78, 5) is 20.1. The number of amides is 1. The van der Waals surface area contributed by atoms with Gasteiger partial charge in [-0.15, -0.1) is 0 Å². The van der Waals surface area contributed by atoms with E-state index in [0.717, 1.165) is 6.26 Å². The average molecular weight is 440 g/mol. The van der Waals surface area contributed by atoms with Gasteiger partial charge >= 0.3 is 0 Å². The van der Waals surface area contributed by atoms with Gasteiger partial charge in [-0.1, -0.05) is 0 Å². The molecule has 0 saturated carbocycles. The lowest BCUT2D eigenvalue weighted by Gasteiger charge is -2.30. The van der Waals surface area contributed by atoms with Crippen molar-refractivity contribution in [3.05, 3.63) is 42.7 Å². The lowest BCUT2D eigenvalue weighted by Crippen LogP contribution is -2.43. The standard InChI is InChI=1S/C17H21N5O5S2/c1-28(24,25)22-11-2-4-13(12-22)16(23)20-14-5-7-15(8-6-14)29(26,27)21-17-18-9-3-10-19-17/h3,5-10,13H,2,4,11-12H2,1H3,(H,20,23)(H,18,19,21). The first kappa shape index (κ1) is 21.1. The Kier molecular flexibility index (Phi) is 6.15. The fourth-order valence-corrected chi connectivity index (χ4v) is 4.82. The van der Waals surface area contributed by atoms with E-state index in [1.165, 1.54) is 41.0 Å². The Morgan fingerprint density at radius 2 is 1.76 bits per heavy atom. The Balaban J connectivity index is 1.65. The van der Waals surface area contributed by atoms with Crippen LogP contribution >= 0.6 is 0 Å². The maximum atomic E-state index is 12.5. The van der Waals surface area contributed by atoms with Crippen LogP contribution in [-0.2, 0) is 24.8 Å². The summed E-state index contributed by atoms with van der Waals surface area (Å²) in [5.41, 5.74) is 0.418. The Morgan fingerprint density at radius 3 is 2.38 bits per heavy atom. The van der Waals surface area contributed by atoms with Crippen molar-refractivity contribution < 1.29 is 21.6 Å². The number of anilines is 2. The van der Waals surface area contributed by atoms with Gasteiger partial charge in [-0.25, -0.2) is 35.8 Å². The van der Waals surface area contributed by atoms with Gasteiger partial charge in [0.05, 0.1) is 17.1 Å². The van der Waals surface area contributed by atoms with Crippen molar-refractivity contribution >= 4 is 37.6 Å². The van der Waals surface area contributed by atoms with Gasteiger partial charge in [-0.3, -0.25) is 4.79 Å². The van der Waals surface area contributed by atoms with Crippen LogP contribution < -0.4 is 10.0 Å². The molecule has 1 atom stereocenters. The van der Waals surface area contributed by atoms with Crippen molar-refractivity contribution in [2.45, 2.75) is 17.7 Å². The number of rotatable bonds is 6. The molecule has 1 saturated heterocycles. The molecule has 0 radical (unpaired) electrons. The van der Waals surface area contributed by atoms with Crippen LogP contribution in [-0.4, -0.2) is 56.4 Å². The largest absolute Gasteiger partial charge is 0.326 e. The van der Waals surface area contributed by atoms with Crippen LogP contribution in [0, 0.1) is 5.92 Å². The average Bonchev–Trinajstić information content (AvgIpc) is 2.68. The molecule has 29 heavy (non-hydrogen) atoms. The number of hydrogen-bond donors (Lipinski definition) is 2. The molecule has 1 aliphatic rings. The molecule has 12 heteroatoms. The molecule has 1 fully saturated rings. The van der Waals surface area contributed by atoms with Crippen molar-refractivity contribution in [2.24, 2.45) is 5.92 Å². The maximum Gasteiger partial charge on any atom is 0.264 e. The highest BCUT2D eigenvalue weighted by atomic mass is 32.2. The third kappa shape index (κ3) is 5.49. The molecule has 1 aromatic carbocycles. The van der Waals surface area contributed by atoms with Gasteiger partial charge in [0, 0.05) is 31.2 Å². The van der Waals surface area contributed by atoms with Crippen LogP contribution in [0.1, 0.15) is 12.8 Å². The second kappa shape index (κ2) is 8.43. The summed E-state index contributed by atoms with van der Waals surface area (Å²) < 4.78 is 51.7. The first-order valence-electron chi connectivity index (χ1n) is 8.81. The van der Waals surface area contributed by atoms with Crippen LogP contribution in [0.15, 0.2) is 47.6 Å². The van der Waals surface area contributed by atoms with Gasteiger partial charge in [0.25, 0.3) is 10.0 Å². The molecular weight excluding hydrogens is 418 g/mol. The molecule has 156 valence electrons. The normalized spacial score (nSPS) is 18.2. The van der Waals surface area contributed by atoms with Crippen molar-refractivity contribution in [1.82, 2.24) is 14.3 Å². The van der Waals surface area contributed by atoms with Crippen LogP contribution in [0.5, 0.6) is 0 Å². The van der Waals surface area contributed by atoms with Crippen LogP contribution in [0.25, 0.3) is 0 Å². The number of hydrogen-bond acceptors (Lipinski definition) is 7. The second-order valence-electron chi connectivity index (χ2n) is 6.65. The van der Waals surface area contributed by atoms with Crippen molar-refractivity contribution in [2.75, 3.05) is 29.4 Å². The monoisotopic (exact) mass is 439 g/mol. The predicted molar refractivity (Wildman–Crippen MR) is 107 cm³/mol. The van der Waals surface area contributed by atoms with E-state index in [1.807, 2.05) is 0 Å². The van der Waals surface area contributed by atoms with E-state index in [0.29, 0.717) is 25.1 Å². The summed E-state index contributed by atoms with van der Waals surface area (Å²) in [5.74, 6) is -0.804. The Bertz CT molecular complexity index is 1070. The van der Waals surface area contributed by atoms with Gasteiger partial charge in [0.2, 0.25) is 21.9 Å². The van der Waals surface area contributed by atoms with Gasteiger partial charge in [0.1, 0.15) is 0 Å². The maximum absolute atomic E-state index is 12.5. The van der Waals surface area contributed by atoms with Crippen LogP contribution in [0.4, 0.5) is 11.6 Å². The number of piperidine rings is 1. The fourth-order valence-electron chi connectivity index (χ4n) is 2.95. The van der Waals surface area contributed by atoms with E-state index < -0.39 is 26.0 Å². The minimum absolute atomic E-state index is 0.0103. The molecule has 2 N–H and O–H groups in total. The predicted octanol–water partition coefficient (Wildman–Crippen LogP) is 0.887. The molecule has 3 rings (SSSR count). The van der Waals surface area contributed by atoms with E-state index >= 15 is 0 Å². The highest BCUT2D eigenvalue weighted by molar-refractivity contribution is 7.92. The number of nitrogens with one attached hydrogen (secondary N) is 2. The highest BCUT2D eigenvalue weighted by Gasteiger charge is 2.30. The zero-order valence-electron chi connectivity index (χ0n) is 15.6. The summed E-state index contributed by atoms with van der Waals surface area (Å²) in [7, 11) is -7.21. The Labute approximate surface area is 169 Å². The lowest BCUT2D eigenvalue weighted by molar-refractivity contribution is -0.120. The van der Waals surface area contributed by atoms with Gasteiger partial charge in [-0.05, 0) is 43.2 Å². The quantitative estimate of drug-likeness (QED) is 0.681. The zero-order chi connectivity index (χ0) is 21.1. The molecule has 1 amide bonds. The topological polar surface area (TPSA) is 138 Å². The molecule has 0 spiro atoms. The first-order chi connectivity index (χ1) is 13.6. The summed E-state index contributed by atoms with van der Waals surface area (Å²) in [6.45, 7) is 0.547. The summed E-state index contributed by atoms with van der Waals surface area (Å²) in [6, 6.07) is 7.21. The molecule has 0 bridgehead atoms. The molecular formula is C17H21N5O5S2. The third-order valence-corrected chi connectivity index (χ3v) is 7.06. The van der Waals surface area contributed by atoms with E-state index in [2.05, 4.69) is 20.0 Å². The number of nitrogens with zero attached hydrogens (tertiary/aromatic N) is 3. The van der Waals surface area contributed by atoms with E-state index in [1.54, 1.807) is 6.07 Å². The van der Waals surface area contributed by atoms with Gasteiger partial charge < -0.3 is 5.32 Å². The van der Waals surface area contributed by atoms with Gasteiger partial charge in [0.15, 0.2) is 0 Å². The molecule has 2 aromatic rings. The van der Waals surface area contributed by atoms with E-state index in [4.69, 9.17) is 0 Å². The third-order valence-electron chi connectivity index (χ3n) is 4.45. The first-order valence-corrected chi connectivity index (χ1v) is 12.1. The van der Waals surface area contributed by atoms with E-state index in [9.17, 15) is 21.6 Å². The highest BCUT2D eigenvalue weighted by Crippen LogP contribution is 2.21. The molecule has 1 aromatic heterocycles. The summed E-state index contributed by atoms with van der Waals surface area (Å²) >= 11 is 0. The number of carbonyl (C=O) groups excluding carboxylic acids is 1. The number of carbonyl (C=O) groups is 1. The van der Waals surface area contributed by atoms with Crippen molar-refractivity contribution in [3.8, 4) is 0 Å². The molecule has 10 nitrogen and oxygen atoms in total. The number of sulfonamides is 2. The Hall–Kier alpha value is -2.57. The second-order valence-corrected chi connectivity index (χ2v) is 10.3. The van der Waals surface area contributed by atoms with Crippen LogP contribution in [0.3, 0.4) is 0 Å². The Morgan fingerprint density at radius 1 is 1.10 bits per heavy atom. The minimum Gasteiger partial charge on any atom is -0.326 e. The minimum atomic E-state index is -3.86. The molecule has 1 unspecified atom stereocenters. The summed E-state index contributed by atoms with van der Waals surface area (Å²) in [5, 5.41) is 2.71. The summed E-state index contributed by atoms with van der Waals surface area (Å²) in [6.07, 6.45) is 5.15. The van der Waals surface area contributed by atoms with Crippen molar-refractivity contribution in [1.29, 1.82) is 0 Å². The molecule has 2 heterocycles. The lowest BCUT2D eigenvalue weighted by atomic mass is 9.99. The molecule has 1 aliphatic heterocycles. The fraction of sp³-hybridized carbons (Fsp3) is 0.353. The smallest absolute Gasteiger partial charge is 0.264 e. The molecule has 0 aliphatic carbocycles. The number of aromatic nitrogens is 2. The van der Waals surface area contributed by atoms with Gasteiger partial charge in [-0.2, -0.15) is 0 Å². The zero-order valence-corrected chi connectivity index (χ0v) is 17.3. The van der Waals surface area contributed by atoms with Crippen LogP contribution in [0.2, 0.25) is 0 Å². The van der Waals surface area contributed by atoms with Crippen molar-refractivity contribution in [3.63, 3.8) is 0 Å². The SMILES string of the molecule is CS(=O)(=O)N1CCCC(C(=O)Nc2ccc(S(=O)(=O)Nc3ncccn3)cc2)C1. The van der Waals surface area contributed by atoms with E-state index in [-0.39, 0.29) is 23.3 Å². The number of benzene rings is 1.